The van der Waals surface area contributed by atoms with E-state index in [-0.39, 0.29) is 37.6 Å². The van der Waals surface area contributed by atoms with Crippen LogP contribution in [-0.2, 0) is 42.9 Å². The Morgan fingerprint density at radius 1 is 1.00 bits per heavy atom. The molecule has 0 aromatic carbocycles. The second-order valence-electron chi connectivity index (χ2n) is 14.3. The second kappa shape index (κ2) is 6.72. The van der Waals surface area contributed by atoms with Gasteiger partial charge in [-0.05, 0) is 47.0 Å². The van der Waals surface area contributed by atoms with Gasteiger partial charge in [-0.15, -0.1) is 0 Å². The van der Waals surface area contributed by atoms with E-state index >= 15 is 0 Å². The molecule has 8 aliphatic rings. The zero-order valence-electron chi connectivity index (χ0n) is 23.1. The highest BCUT2D eigenvalue weighted by molar-refractivity contribution is 6.08. The van der Waals surface area contributed by atoms with Gasteiger partial charge in [-0.3, -0.25) is 19.2 Å². The van der Waals surface area contributed by atoms with E-state index in [2.05, 4.69) is 0 Å². The lowest BCUT2D eigenvalue weighted by Crippen LogP contribution is -2.74. The van der Waals surface area contributed by atoms with Crippen LogP contribution < -0.4 is 0 Å². The van der Waals surface area contributed by atoms with Crippen molar-refractivity contribution in [2.45, 2.75) is 119 Å². The molecule has 0 unspecified atom stereocenters. The summed E-state index contributed by atoms with van der Waals surface area (Å²) in [5, 5.41) is 24.1. The Bertz CT molecular complexity index is 1370. The molecule has 2 aliphatic carbocycles. The minimum absolute atomic E-state index is 0.0864. The van der Waals surface area contributed by atoms with Crippen LogP contribution in [0, 0.1) is 23.2 Å². The van der Waals surface area contributed by atoms with Crippen molar-refractivity contribution in [2.24, 2.45) is 23.2 Å². The number of hydrogen-bond donors (Lipinski definition) is 2. The van der Waals surface area contributed by atoms with Gasteiger partial charge in [-0.25, -0.2) is 0 Å². The number of ether oxygens (including phenoxy) is 5. The fraction of sp³-hybridized carbons (Fsp3) is 0.793. The van der Waals surface area contributed by atoms with Crippen molar-refractivity contribution < 1.29 is 53.1 Å². The lowest BCUT2D eigenvalue weighted by atomic mass is 9.60. The number of rotatable bonds is 0. The van der Waals surface area contributed by atoms with Crippen LogP contribution in [0.5, 0.6) is 0 Å². The topological polar surface area (TPSA) is 155 Å². The summed E-state index contributed by atoms with van der Waals surface area (Å²) in [4.78, 5) is 54.2. The number of aliphatic hydroxyl groups is 2. The summed E-state index contributed by atoms with van der Waals surface area (Å²) < 4.78 is 31.4. The lowest BCUT2D eigenvalue weighted by molar-refractivity contribution is -0.369. The average molecular weight is 559 g/mol. The van der Waals surface area contributed by atoms with Gasteiger partial charge < -0.3 is 33.9 Å². The van der Waals surface area contributed by atoms with Gasteiger partial charge in [0.05, 0.1) is 23.9 Å². The molecule has 1 saturated carbocycles. The third kappa shape index (κ3) is 2.35. The van der Waals surface area contributed by atoms with Gasteiger partial charge in [-0.2, -0.15) is 0 Å². The molecule has 2 N–H and O–H groups in total. The van der Waals surface area contributed by atoms with Crippen molar-refractivity contribution in [3.63, 3.8) is 0 Å². The van der Waals surface area contributed by atoms with Crippen LogP contribution in [0.15, 0.2) is 11.6 Å². The number of fused-ring (bicyclic) bond motifs is 2. The highest BCUT2D eigenvalue weighted by Gasteiger charge is 2.89. The summed E-state index contributed by atoms with van der Waals surface area (Å²) in [6, 6.07) is 0. The Morgan fingerprint density at radius 3 is 2.45 bits per heavy atom. The minimum atomic E-state index is -2.35. The van der Waals surface area contributed by atoms with Crippen LogP contribution in [0.4, 0.5) is 0 Å². The molecule has 40 heavy (non-hydrogen) atoms. The number of hydrogen-bond acceptors (Lipinski definition) is 11. The van der Waals surface area contributed by atoms with Crippen LogP contribution in [0.2, 0.25) is 0 Å². The molecule has 2 bridgehead atoms. The lowest BCUT2D eigenvalue weighted by Gasteiger charge is -2.54. The van der Waals surface area contributed by atoms with Gasteiger partial charge in [0.1, 0.15) is 29.0 Å². The minimum Gasteiger partial charge on any atom is -0.456 e. The number of ketones is 2. The summed E-state index contributed by atoms with van der Waals surface area (Å²) in [6.07, 6.45) is -0.306. The SMILES string of the molecule is C[C@@H]1C(=O)O[C@H]2[C@@H]1O[C@]13O[C@@]4(CC[C@]5(C)C(=O)[C@](C)(O)[C@@]2(O)[C@H]15)C[C@]12OC(=O)C[C@H]1OC(C)(C)[C@@H]2CC=C4C3=O. The fourth-order valence-electron chi connectivity index (χ4n) is 10.3. The molecule has 11 nitrogen and oxygen atoms in total. The summed E-state index contributed by atoms with van der Waals surface area (Å²) in [5.74, 6) is -6.88. The van der Waals surface area contributed by atoms with E-state index < -0.39 is 86.9 Å². The van der Waals surface area contributed by atoms with Crippen LogP contribution in [0.3, 0.4) is 0 Å². The smallest absolute Gasteiger partial charge is 0.311 e. The van der Waals surface area contributed by atoms with Crippen LogP contribution in [0.1, 0.15) is 66.7 Å². The third-order valence-electron chi connectivity index (χ3n) is 12.0. The van der Waals surface area contributed by atoms with E-state index in [1.807, 2.05) is 19.9 Å². The normalized spacial score (nSPS) is 58.6. The number of carbonyl (C=O) groups excluding carboxylic acids is 4. The quantitative estimate of drug-likeness (QED) is 0.403. The van der Waals surface area contributed by atoms with Crippen molar-refractivity contribution in [1.29, 1.82) is 0 Å². The molecule has 7 fully saturated rings. The Labute approximate surface area is 230 Å². The molecule has 8 rings (SSSR count). The molecule has 216 valence electrons. The Kier molecular flexibility index (Phi) is 4.29. The first-order valence-electron chi connectivity index (χ1n) is 14.2. The summed E-state index contributed by atoms with van der Waals surface area (Å²) >= 11 is 0. The zero-order chi connectivity index (χ0) is 28.6. The standard InChI is InChI=1S/C29H34O11/c1-12-17-19(36-20(12)32)28(35)21-24(4,22(33)25(28,5)34)8-9-26-11-27-14(23(2,3)37-15(27)10-16(30)38-27)7-6-13(26)18(31)29(21,39-17)40-26/h6,12,14-15,17,19,21,34-35H,7-11H2,1-5H3/t12-,14-,15+,17+,19-,21+,24-,25-,26-,27+,28-,29+/m0/s1. The fourth-order valence-corrected chi connectivity index (χ4v) is 10.3. The molecule has 3 spiro atoms. The molecule has 6 aliphatic heterocycles. The van der Waals surface area contributed by atoms with Crippen molar-refractivity contribution >= 4 is 23.5 Å². The van der Waals surface area contributed by atoms with E-state index in [0.29, 0.717) is 12.0 Å². The van der Waals surface area contributed by atoms with Gasteiger partial charge in [0.15, 0.2) is 17.5 Å². The summed E-state index contributed by atoms with van der Waals surface area (Å²) in [5.41, 5.74) is -8.79. The molecule has 0 aromatic rings. The molecule has 0 radical (unpaired) electrons. The predicted molar refractivity (Wildman–Crippen MR) is 130 cm³/mol. The van der Waals surface area contributed by atoms with Crippen molar-refractivity contribution in [3.8, 4) is 0 Å². The second-order valence-corrected chi connectivity index (χ2v) is 14.3. The van der Waals surface area contributed by atoms with Crippen LogP contribution in [0.25, 0.3) is 0 Å². The van der Waals surface area contributed by atoms with E-state index in [4.69, 9.17) is 23.7 Å². The highest BCUT2D eigenvalue weighted by atomic mass is 16.7. The molecule has 12 atom stereocenters. The van der Waals surface area contributed by atoms with E-state index in [1.54, 1.807) is 13.8 Å². The first kappa shape index (κ1) is 25.5. The maximum Gasteiger partial charge on any atom is 0.311 e. The van der Waals surface area contributed by atoms with E-state index in [9.17, 15) is 29.4 Å². The summed E-state index contributed by atoms with van der Waals surface area (Å²) in [6.45, 7) is 8.31. The number of carbonyl (C=O) groups is 4. The summed E-state index contributed by atoms with van der Waals surface area (Å²) in [7, 11) is 0. The van der Waals surface area contributed by atoms with Gasteiger partial charge in [0.25, 0.3) is 0 Å². The number of allylic oxidation sites excluding steroid dienone is 1. The van der Waals surface area contributed by atoms with Gasteiger partial charge >= 0.3 is 11.9 Å². The molecule has 0 aromatic heterocycles. The van der Waals surface area contributed by atoms with Crippen molar-refractivity contribution in [3.05, 3.63) is 11.6 Å². The maximum atomic E-state index is 14.7. The predicted octanol–water partition coefficient (Wildman–Crippen LogP) is 0.662. The third-order valence-corrected chi connectivity index (χ3v) is 12.0. The maximum absolute atomic E-state index is 14.7. The molecular weight excluding hydrogens is 524 g/mol. The Balaban J connectivity index is 1.35. The highest BCUT2D eigenvalue weighted by Crippen LogP contribution is 2.72. The van der Waals surface area contributed by atoms with Crippen molar-refractivity contribution in [1.82, 2.24) is 0 Å². The van der Waals surface area contributed by atoms with Gasteiger partial charge in [0, 0.05) is 23.3 Å². The molecule has 0 amide bonds. The Hall–Kier alpha value is -2.18. The van der Waals surface area contributed by atoms with Crippen molar-refractivity contribution in [2.75, 3.05) is 0 Å². The Morgan fingerprint density at radius 2 is 1.73 bits per heavy atom. The van der Waals surface area contributed by atoms with E-state index in [0.717, 1.165) is 0 Å². The molecule has 6 heterocycles. The van der Waals surface area contributed by atoms with Gasteiger partial charge in [-0.1, -0.05) is 13.0 Å². The monoisotopic (exact) mass is 558 g/mol. The van der Waals surface area contributed by atoms with Crippen LogP contribution >= 0.6 is 0 Å². The van der Waals surface area contributed by atoms with E-state index in [1.165, 1.54) is 6.92 Å². The molecular formula is C29H34O11. The van der Waals surface area contributed by atoms with Crippen LogP contribution in [-0.4, -0.2) is 85.8 Å². The molecule has 6 saturated heterocycles. The first-order chi connectivity index (χ1) is 18.5. The van der Waals surface area contributed by atoms with Gasteiger partial charge in [0.2, 0.25) is 11.6 Å². The zero-order valence-corrected chi connectivity index (χ0v) is 23.1. The number of esters is 2. The number of Topliss-reactive ketones (excluding diaryl/α,β-unsaturated/α-hetero) is 2. The first-order valence-corrected chi connectivity index (χ1v) is 14.2. The largest absolute Gasteiger partial charge is 0.456 e. The molecule has 11 heteroatoms. The average Bonchev–Trinajstić information content (AvgIpc) is 3.41.